The first-order chi connectivity index (χ1) is 11.2. The van der Waals surface area contributed by atoms with Crippen LogP contribution in [0.3, 0.4) is 0 Å². The first-order valence-electron chi connectivity index (χ1n) is 8.32. The standard InChI is InChI=1S/C19H20ClNO2/c20-10-13-11-21(19(23)12-5-1-2-6-12)16-9-17(22)14-7-3-4-8-15(14)18(13)16/h3-4,7-9,12-13,22H,1-2,5-6,10-11H2. The Bertz CT molecular complexity index is 767. The fourth-order valence-electron chi connectivity index (χ4n) is 4.15. The molecular formula is C19H20ClNO2. The predicted molar refractivity (Wildman–Crippen MR) is 93.4 cm³/mol. The second kappa shape index (κ2) is 5.72. The fraction of sp³-hybridized carbons (Fsp3) is 0.421. The van der Waals surface area contributed by atoms with Crippen molar-refractivity contribution >= 4 is 34.0 Å². The highest BCUT2D eigenvalue weighted by Crippen LogP contribution is 2.46. The zero-order chi connectivity index (χ0) is 16.0. The van der Waals surface area contributed by atoms with Gasteiger partial charge in [0.1, 0.15) is 5.75 Å². The summed E-state index contributed by atoms with van der Waals surface area (Å²) in [5.41, 5.74) is 1.96. The van der Waals surface area contributed by atoms with E-state index in [0.717, 1.165) is 47.7 Å². The summed E-state index contributed by atoms with van der Waals surface area (Å²) in [6, 6.07) is 9.56. The van der Waals surface area contributed by atoms with Gasteiger partial charge in [0.05, 0.1) is 5.69 Å². The molecule has 1 aliphatic carbocycles. The number of anilines is 1. The van der Waals surface area contributed by atoms with Crippen LogP contribution in [0.5, 0.6) is 5.75 Å². The number of hydrogen-bond donors (Lipinski definition) is 1. The Hall–Kier alpha value is -1.74. The van der Waals surface area contributed by atoms with E-state index in [0.29, 0.717) is 12.4 Å². The number of rotatable bonds is 2. The van der Waals surface area contributed by atoms with Gasteiger partial charge in [-0.2, -0.15) is 0 Å². The van der Waals surface area contributed by atoms with Crippen molar-refractivity contribution in [2.75, 3.05) is 17.3 Å². The molecule has 0 bridgehead atoms. The molecule has 1 unspecified atom stereocenters. The van der Waals surface area contributed by atoms with Gasteiger partial charge in [-0.05, 0) is 23.8 Å². The molecule has 1 heterocycles. The summed E-state index contributed by atoms with van der Waals surface area (Å²) in [7, 11) is 0. The van der Waals surface area contributed by atoms with Crippen molar-refractivity contribution < 1.29 is 9.90 Å². The molecule has 0 saturated heterocycles. The molecule has 2 aromatic rings. The van der Waals surface area contributed by atoms with E-state index in [-0.39, 0.29) is 23.5 Å². The molecule has 1 aliphatic heterocycles. The molecule has 4 rings (SSSR count). The van der Waals surface area contributed by atoms with Crippen molar-refractivity contribution in [3.8, 4) is 5.75 Å². The lowest BCUT2D eigenvalue weighted by molar-refractivity contribution is -0.122. The Kier molecular flexibility index (Phi) is 3.68. The number of alkyl halides is 1. The minimum atomic E-state index is 0.127. The molecule has 0 spiro atoms. The van der Waals surface area contributed by atoms with Gasteiger partial charge in [0, 0.05) is 35.7 Å². The number of fused-ring (bicyclic) bond motifs is 3. The van der Waals surface area contributed by atoms with Gasteiger partial charge in [0.15, 0.2) is 0 Å². The molecule has 2 aliphatic rings. The monoisotopic (exact) mass is 329 g/mol. The molecule has 2 aromatic carbocycles. The van der Waals surface area contributed by atoms with Gasteiger partial charge in [-0.15, -0.1) is 11.6 Å². The molecule has 4 heteroatoms. The molecule has 1 atom stereocenters. The third-order valence-electron chi connectivity index (χ3n) is 5.30. The van der Waals surface area contributed by atoms with Crippen LogP contribution in [0.15, 0.2) is 30.3 Å². The molecule has 0 radical (unpaired) electrons. The highest BCUT2D eigenvalue weighted by Gasteiger charge is 2.37. The molecule has 0 aromatic heterocycles. The summed E-state index contributed by atoms with van der Waals surface area (Å²) >= 11 is 6.20. The predicted octanol–water partition coefficient (Wildman–Crippen LogP) is 4.40. The number of benzene rings is 2. The lowest BCUT2D eigenvalue weighted by Gasteiger charge is -2.22. The van der Waals surface area contributed by atoms with Crippen LogP contribution in [-0.2, 0) is 4.79 Å². The van der Waals surface area contributed by atoms with E-state index in [1.165, 1.54) is 0 Å². The maximum atomic E-state index is 12.9. The van der Waals surface area contributed by atoms with E-state index in [1.54, 1.807) is 6.07 Å². The molecule has 1 fully saturated rings. The number of carbonyl (C=O) groups is 1. The molecule has 23 heavy (non-hydrogen) atoms. The van der Waals surface area contributed by atoms with Crippen molar-refractivity contribution in [3.05, 3.63) is 35.9 Å². The molecular weight excluding hydrogens is 310 g/mol. The van der Waals surface area contributed by atoms with Gasteiger partial charge < -0.3 is 10.0 Å². The average Bonchev–Trinajstić information content (AvgIpc) is 3.22. The van der Waals surface area contributed by atoms with Crippen molar-refractivity contribution in [2.24, 2.45) is 5.92 Å². The topological polar surface area (TPSA) is 40.5 Å². The highest BCUT2D eigenvalue weighted by atomic mass is 35.5. The van der Waals surface area contributed by atoms with E-state index >= 15 is 0 Å². The quantitative estimate of drug-likeness (QED) is 0.829. The van der Waals surface area contributed by atoms with Crippen LogP contribution in [-0.4, -0.2) is 23.4 Å². The van der Waals surface area contributed by atoms with Gasteiger partial charge in [-0.3, -0.25) is 4.79 Å². The number of nitrogens with zero attached hydrogens (tertiary/aromatic N) is 1. The minimum Gasteiger partial charge on any atom is -0.507 e. The lowest BCUT2D eigenvalue weighted by atomic mass is 9.95. The van der Waals surface area contributed by atoms with Crippen LogP contribution in [0, 0.1) is 5.92 Å². The van der Waals surface area contributed by atoms with E-state index in [2.05, 4.69) is 0 Å². The van der Waals surface area contributed by atoms with E-state index < -0.39 is 0 Å². The average molecular weight is 330 g/mol. The maximum Gasteiger partial charge on any atom is 0.230 e. The summed E-state index contributed by atoms with van der Waals surface area (Å²) in [5.74, 6) is 1.17. The van der Waals surface area contributed by atoms with Crippen LogP contribution < -0.4 is 4.90 Å². The van der Waals surface area contributed by atoms with E-state index in [9.17, 15) is 9.90 Å². The SMILES string of the molecule is O=C(C1CCCC1)N1CC(CCl)c2c1cc(O)c1ccccc21. The van der Waals surface area contributed by atoms with Gasteiger partial charge in [0.25, 0.3) is 0 Å². The summed E-state index contributed by atoms with van der Waals surface area (Å²) < 4.78 is 0. The van der Waals surface area contributed by atoms with Crippen LogP contribution >= 0.6 is 11.6 Å². The fourth-order valence-corrected chi connectivity index (χ4v) is 4.41. The number of aromatic hydroxyl groups is 1. The summed E-state index contributed by atoms with van der Waals surface area (Å²) in [5, 5.41) is 12.2. The van der Waals surface area contributed by atoms with E-state index in [1.807, 2.05) is 29.2 Å². The first kappa shape index (κ1) is 14.8. The first-order valence-corrected chi connectivity index (χ1v) is 8.86. The number of hydrogen-bond acceptors (Lipinski definition) is 2. The van der Waals surface area contributed by atoms with Gasteiger partial charge in [-0.25, -0.2) is 0 Å². The minimum absolute atomic E-state index is 0.127. The third kappa shape index (κ3) is 2.29. The number of amides is 1. The summed E-state index contributed by atoms with van der Waals surface area (Å²) in [6.45, 7) is 0.627. The Morgan fingerprint density at radius 3 is 2.61 bits per heavy atom. The van der Waals surface area contributed by atoms with Crippen molar-refractivity contribution in [2.45, 2.75) is 31.6 Å². The number of halogens is 1. The van der Waals surface area contributed by atoms with Crippen LogP contribution in [0.1, 0.15) is 37.2 Å². The normalized spacial score (nSPS) is 21.1. The molecule has 120 valence electrons. The smallest absolute Gasteiger partial charge is 0.230 e. The van der Waals surface area contributed by atoms with Gasteiger partial charge >= 0.3 is 0 Å². The van der Waals surface area contributed by atoms with Crippen molar-refractivity contribution in [1.29, 1.82) is 0 Å². The lowest BCUT2D eigenvalue weighted by Crippen LogP contribution is -2.34. The molecule has 3 nitrogen and oxygen atoms in total. The zero-order valence-electron chi connectivity index (χ0n) is 13.0. The summed E-state index contributed by atoms with van der Waals surface area (Å²) in [6.07, 6.45) is 4.24. The molecule has 1 saturated carbocycles. The maximum absolute atomic E-state index is 12.9. The number of carbonyl (C=O) groups excluding carboxylic acids is 1. The second-order valence-corrected chi connectivity index (χ2v) is 6.96. The van der Waals surface area contributed by atoms with Crippen molar-refractivity contribution in [1.82, 2.24) is 0 Å². The number of phenols is 1. The summed E-state index contributed by atoms with van der Waals surface area (Å²) in [4.78, 5) is 14.8. The van der Waals surface area contributed by atoms with Gasteiger partial charge in [-0.1, -0.05) is 37.1 Å². The second-order valence-electron chi connectivity index (χ2n) is 6.66. The van der Waals surface area contributed by atoms with E-state index in [4.69, 9.17) is 11.6 Å². The third-order valence-corrected chi connectivity index (χ3v) is 5.67. The Morgan fingerprint density at radius 1 is 1.22 bits per heavy atom. The molecule has 1 N–H and O–H groups in total. The number of phenolic OH excluding ortho intramolecular Hbond substituents is 1. The Labute approximate surface area is 140 Å². The van der Waals surface area contributed by atoms with Crippen LogP contribution in [0.25, 0.3) is 10.8 Å². The van der Waals surface area contributed by atoms with Crippen LogP contribution in [0.4, 0.5) is 5.69 Å². The Balaban J connectivity index is 1.85. The highest BCUT2D eigenvalue weighted by molar-refractivity contribution is 6.19. The van der Waals surface area contributed by atoms with Crippen molar-refractivity contribution in [3.63, 3.8) is 0 Å². The van der Waals surface area contributed by atoms with Crippen LogP contribution in [0.2, 0.25) is 0 Å². The van der Waals surface area contributed by atoms with Gasteiger partial charge in [0.2, 0.25) is 5.91 Å². The Morgan fingerprint density at radius 2 is 1.91 bits per heavy atom. The molecule has 1 amide bonds. The zero-order valence-corrected chi connectivity index (χ0v) is 13.7. The largest absolute Gasteiger partial charge is 0.507 e.